The van der Waals surface area contributed by atoms with Crippen LogP contribution >= 0.6 is 11.3 Å². The van der Waals surface area contributed by atoms with E-state index in [0.29, 0.717) is 21.3 Å². The molecule has 0 unspecified atom stereocenters. The number of nitro groups is 1. The molecule has 0 saturated heterocycles. The number of anilines is 3. The van der Waals surface area contributed by atoms with Crippen LogP contribution in [-0.2, 0) is 10.0 Å². The maximum Gasteiger partial charge on any atom is 0.270 e. The number of ketones is 1. The smallest absolute Gasteiger partial charge is 0.270 e. The van der Waals surface area contributed by atoms with E-state index in [9.17, 15) is 23.3 Å². The molecule has 0 aliphatic rings. The van der Waals surface area contributed by atoms with E-state index in [-0.39, 0.29) is 22.1 Å². The Hall–Kier alpha value is -4.09. The van der Waals surface area contributed by atoms with Gasteiger partial charge in [-0.05, 0) is 42.8 Å². The zero-order valence-electron chi connectivity index (χ0n) is 17.8. The molecule has 0 saturated carbocycles. The number of hydrogen-bond acceptors (Lipinski definition) is 8. The van der Waals surface area contributed by atoms with E-state index in [1.807, 2.05) is 25.1 Å². The van der Waals surface area contributed by atoms with Crippen molar-refractivity contribution in [3.63, 3.8) is 0 Å². The quantitative estimate of drug-likeness (QED) is 0.197. The summed E-state index contributed by atoms with van der Waals surface area (Å²) in [5, 5.41) is 14.5. The van der Waals surface area contributed by atoms with Gasteiger partial charge in [0.1, 0.15) is 0 Å². The average Bonchev–Trinajstić information content (AvgIpc) is 3.28. The lowest BCUT2D eigenvalue weighted by molar-refractivity contribution is -0.385. The number of nitrogens with one attached hydrogen (secondary N) is 2. The van der Waals surface area contributed by atoms with Gasteiger partial charge in [0.15, 0.2) is 5.13 Å². The molecule has 0 bridgehead atoms. The Labute approximate surface area is 199 Å². The average molecular weight is 495 g/mol. The minimum atomic E-state index is -4.00. The van der Waals surface area contributed by atoms with E-state index in [1.165, 1.54) is 35.7 Å². The highest BCUT2D eigenvalue weighted by atomic mass is 32.2. The molecule has 172 valence electrons. The number of aromatic nitrogens is 1. The van der Waals surface area contributed by atoms with Gasteiger partial charge in [-0.3, -0.25) is 19.6 Å². The van der Waals surface area contributed by atoms with E-state index in [4.69, 9.17) is 0 Å². The fraction of sp³-hybridized carbons (Fsp3) is 0.0435. The first-order valence-electron chi connectivity index (χ1n) is 9.93. The highest BCUT2D eigenvalue weighted by Gasteiger charge is 2.18. The van der Waals surface area contributed by atoms with Crippen LogP contribution in [0.1, 0.15) is 20.8 Å². The van der Waals surface area contributed by atoms with Crippen LogP contribution in [0.2, 0.25) is 0 Å². The molecule has 34 heavy (non-hydrogen) atoms. The summed E-state index contributed by atoms with van der Waals surface area (Å²) in [7, 11) is -4.00. The van der Waals surface area contributed by atoms with Crippen molar-refractivity contribution >= 4 is 49.3 Å². The second-order valence-electron chi connectivity index (χ2n) is 7.24. The van der Waals surface area contributed by atoms with Gasteiger partial charge in [-0.25, -0.2) is 13.4 Å². The Kier molecular flexibility index (Phi) is 6.39. The predicted octanol–water partition coefficient (Wildman–Crippen LogP) is 5.14. The summed E-state index contributed by atoms with van der Waals surface area (Å²) < 4.78 is 27.5. The van der Waals surface area contributed by atoms with Crippen molar-refractivity contribution in [2.75, 3.05) is 10.0 Å². The van der Waals surface area contributed by atoms with Gasteiger partial charge in [-0.1, -0.05) is 41.7 Å². The molecule has 0 spiro atoms. The molecule has 2 N–H and O–H groups in total. The van der Waals surface area contributed by atoms with Crippen molar-refractivity contribution in [2.45, 2.75) is 11.8 Å². The molecule has 0 radical (unpaired) electrons. The van der Waals surface area contributed by atoms with Gasteiger partial charge in [-0.15, -0.1) is 0 Å². The Morgan fingerprint density at radius 1 is 1.00 bits per heavy atom. The van der Waals surface area contributed by atoms with Crippen molar-refractivity contribution in [1.29, 1.82) is 0 Å². The highest BCUT2D eigenvalue weighted by molar-refractivity contribution is 7.92. The lowest BCUT2D eigenvalue weighted by atomic mass is 10.0. The SMILES string of the molecule is Cc1ccccc1C(=O)c1cnc(Nc2ccc(NS(=O)(=O)c3cccc([N+](=O)[O-])c3)cc2)s1. The molecular formula is C23H18N4O5S2. The standard InChI is InChI=1S/C23H18N4O5S2/c1-15-5-2-3-8-20(15)22(28)21-14-24-23(33-21)25-16-9-11-17(12-10-16)26-34(31,32)19-7-4-6-18(13-19)27(29)30/h2-14,26H,1H3,(H,24,25). The van der Waals surface area contributed by atoms with Crippen molar-refractivity contribution in [1.82, 2.24) is 4.98 Å². The molecule has 0 atom stereocenters. The monoisotopic (exact) mass is 494 g/mol. The largest absolute Gasteiger partial charge is 0.332 e. The topological polar surface area (TPSA) is 131 Å². The van der Waals surface area contributed by atoms with Crippen molar-refractivity contribution in [2.24, 2.45) is 0 Å². The fourth-order valence-corrected chi connectivity index (χ4v) is 5.01. The number of non-ortho nitro benzene ring substituents is 1. The molecule has 0 aliphatic heterocycles. The number of carbonyl (C=O) groups excluding carboxylic acids is 1. The fourth-order valence-electron chi connectivity index (χ4n) is 3.12. The lowest BCUT2D eigenvalue weighted by Gasteiger charge is -2.09. The second-order valence-corrected chi connectivity index (χ2v) is 9.95. The number of hydrogen-bond donors (Lipinski definition) is 2. The van der Waals surface area contributed by atoms with Gasteiger partial charge >= 0.3 is 0 Å². The first-order valence-corrected chi connectivity index (χ1v) is 12.2. The zero-order chi connectivity index (χ0) is 24.3. The molecule has 1 aromatic heterocycles. The van der Waals surface area contributed by atoms with Crippen molar-refractivity contribution in [3.8, 4) is 0 Å². The number of rotatable bonds is 8. The van der Waals surface area contributed by atoms with Gasteiger partial charge in [0, 0.05) is 29.1 Å². The van der Waals surface area contributed by atoms with Crippen LogP contribution < -0.4 is 10.0 Å². The zero-order valence-corrected chi connectivity index (χ0v) is 19.4. The normalized spacial score (nSPS) is 11.1. The van der Waals surface area contributed by atoms with E-state index in [2.05, 4.69) is 15.0 Å². The Bertz CT molecular complexity index is 1480. The van der Waals surface area contributed by atoms with Gasteiger partial charge in [0.25, 0.3) is 15.7 Å². The minimum Gasteiger partial charge on any atom is -0.332 e. The molecule has 0 amide bonds. The molecule has 9 nitrogen and oxygen atoms in total. The van der Waals surface area contributed by atoms with E-state index in [1.54, 1.807) is 30.3 Å². The first kappa shape index (κ1) is 23.1. The van der Waals surface area contributed by atoms with Crippen LogP contribution in [0.4, 0.5) is 22.2 Å². The summed E-state index contributed by atoms with van der Waals surface area (Å²) in [6, 6.07) is 18.5. The van der Waals surface area contributed by atoms with Crippen LogP contribution in [0.5, 0.6) is 0 Å². The minimum absolute atomic E-state index is 0.102. The lowest BCUT2D eigenvalue weighted by Crippen LogP contribution is -2.13. The Morgan fingerprint density at radius 2 is 1.71 bits per heavy atom. The van der Waals surface area contributed by atoms with Crippen LogP contribution in [0.15, 0.2) is 83.9 Å². The van der Waals surface area contributed by atoms with Crippen molar-refractivity contribution in [3.05, 3.63) is 105 Å². The molecule has 4 rings (SSSR count). The number of benzene rings is 3. The summed E-state index contributed by atoms with van der Waals surface area (Å²) in [6.45, 7) is 1.88. The third kappa shape index (κ3) is 5.11. The molecule has 3 aromatic carbocycles. The van der Waals surface area contributed by atoms with Gasteiger partial charge in [-0.2, -0.15) is 0 Å². The van der Waals surface area contributed by atoms with Crippen molar-refractivity contribution < 1.29 is 18.1 Å². The summed E-state index contributed by atoms with van der Waals surface area (Å²) in [6.07, 6.45) is 1.52. The molecule has 1 heterocycles. The maximum atomic E-state index is 12.7. The molecule has 4 aromatic rings. The predicted molar refractivity (Wildman–Crippen MR) is 130 cm³/mol. The summed E-state index contributed by atoms with van der Waals surface area (Å²) >= 11 is 1.22. The van der Waals surface area contributed by atoms with Gasteiger partial charge in [0.2, 0.25) is 5.78 Å². The third-order valence-corrected chi connectivity index (χ3v) is 7.14. The summed E-state index contributed by atoms with van der Waals surface area (Å²) in [5.41, 5.74) is 2.12. The number of aryl methyl sites for hydroxylation is 1. The molecule has 11 heteroatoms. The number of nitrogens with zero attached hydrogens (tertiary/aromatic N) is 2. The van der Waals surface area contributed by atoms with Crippen LogP contribution in [0.3, 0.4) is 0 Å². The summed E-state index contributed by atoms with van der Waals surface area (Å²) in [5.74, 6) is -0.102. The molecule has 0 aliphatic carbocycles. The van der Waals surface area contributed by atoms with Gasteiger partial charge < -0.3 is 5.32 Å². The van der Waals surface area contributed by atoms with Gasteiger partial charge in [0.05, 0.1) is 20.9 Å². The number of thiazole rings is 1. The maximum absolute atomic E-state index is 12.7. The second kappa shape index (κ2) is 9.41. The Morgan fingerprint density at radius 3 is 2.41 bits per heavy atom. The van der Waals surface area contributed by atoms with E-state index < -0.39 is 14.9 Å². The van der Waals surface area contributed by atoms with E-state index in [0.717, 1.165) is 11.6 Å². The van der Waals surface area contributed by atoms with Crippen LogP contribution in [0, 0.1) is 17.0 Å². The van der Waals surface area contributed by atoms with Crippen LogP contribution in [-0.4, -0.2) is 24.1 Å². The number of sulfonamides is 1. The number of carbonyl (C=O) groups is 1. The Balaban J connectivity index is 1.45. The molecule has 0 fully saturated rings. The summed E-state index contributed by atoms with van der Waals surface area (Å²) in [4.78, 5) is 27.5. The molecular weight excluding hydrogens is 476 g/mol. The number of nitro benzene ring substituents is 1. The highest BCUT2D eigenvalue weighted by Crippen LogP contribution is 2.27. The van der Waals surface area contributed by atoms with E-state index >= 15 is 0 Å². The third-order valence-electron chi connectivity index (χ3n) is 4.85. The van der Waals surface area contributed by atoms with Crippen LogP contribution in [0.25, 0.3) is 0 Å². The first-order chi connectivity index (χ1) is 16.2.